The molecule has 2 aromatic rings. The zero-order chi connectivity index (χ0) is 23.9. The molecule has 1 spiro atoms. The lowest BCUT2D eigenvalue weighted by Gasteiger charge is -2.25. The van der Waals surface area contributed by atoms with Crippen molar-refractivity contribution in [1.82, 2.24) is 5.32 Å². The fraction of sp³-hybridized carbons (Fsp3) is 0.370. The fourth-order valence-corrected chi connectivity index (χ4v) is 5.38. The molecule has 176 valence electrons. The molecule has 0 aromatic heterocycles. The van der Waals surface area contributed by atoms with E-state index in [1.807, 2.05) is 37.3 Å². The molecule has 3 aliphatic heterocycles. The van der Waals surface area contributed by atoms with Gasteiger partial charge in [0, 0.05) is 24.3 Å². The number of hydrogen-bond donors (Lipinski definition) is 2. The van der Waals surface area contributed by atoms with Crippen LogP contribution in [0.1, 0.15) is 25.8 Å². The molecule has 2 bridgehead atoms. The van der Waals surface area contributed by atoms with Crippen LogP contribution in [0.15, 0.2) is 66.7 Å². The number of carbonyl (C=O) groups is 3. The Bertz CT molecular complexity index is 1130. The molecule has 34 heavy (non-hydrogen) atoms. The highest BCUT2D eigenvalue weighted by atomic mass is 16.5. The molecule has 3 amide bonds. The molecule has 2 N–H and O–H groups in total. The average Bonchev–Trinajstić information content (AvgIpc) is 3.47. The van der Waals surface area contributed by atoms with Gasteiger partial charge in [-0.3, -0.25) is 14.4 Å². The molecule has 7 nitrogen and oxygen atoms in total. The molecule has 0 saturated carbocycles. The van der Waals surface area contributed by atoms with Crippen LogP contribution in [0.3, 0.4) is 0 Å². The number of benzene rings is 2. The van der Waals surface area contributed by atoms with Gasteiger partial charge in [-0.05, 0) is 49.6 Å². The van der Waals surface area contributed by atoms with Crippen molar-refractivity contribution in [2.45, 2.75) is 44.4 Å². The van der Waals surface area contributed by atoms with Crippen LogP contribution in [0.25, 0.3) is 0 Å². The Hall–Kier alpha value is -3.45. The number of hydrogen-bond acceptors (Lipinski definition) is 4. The van der Waals surface area contributed by atoms with E-state index >= 15 is 0 Å². The number of nitrogens with one attached hydrogen (secondary N) is 2. The smallest absolute Gasteiger partial charge is 0.234 e. The Balaban J connectivity index is 1.27. The normalized spacial score (nSPS) is 27.5. The molecule has 2 saturated heterocycles. The fourth-order valence-electron chi connectivity index (χ4n) is 5.38. The molecule has 0 unspecified atom stereocenters. The maximum atomic E-state index is 13.5. The van der Waals surface area contributed by atoms with E-state index in [9.17, 15) is 14.4 Å². The standard InChI is InChI=1S/C27H29N3O4/c1-17(8-9-19-6-4-3-5-7-19)28-25(32)23-22-14-15-27(34-22)16-30(26(33)24(23)27)21-12-10-20(11-13-21)29-18(2)31/h3-7,10-15,17,22-24H,8-9,16H2,1-2H3,(H,28,32)(H,29,31)/t17-,22+,23-,24+,27+/m0/s1. The highest BCUT2D eigenvalue weighted by Gasteiger charge is 2.67. The third-order valence-electron chi connectivity index (χ3n) is 7.00. The van der Waals surface area contributed by atoms with Crippen LogP contribution in [0.2, 0.25) is 0 Å². The zero-order valence-electron chi connectivity index (χ0n) is 19.4. The number of anilines is 2. The number of fused-ring (bicyclic) bond motifs is 1. The van der Waals surface area contributed by atoms with Gasteiger partial charge in [-0.2, -0.15) is 0 Å². The van der Waals surface area contributed by atoms with Crippen LogP contribution in [-0.4, -0.2) is 42.0 Å². The van der Waals surface area contributed by atoms with Crippen molar-refractivity contribution in [3.8, 4) is 0 Å². The predicted molar refractivity (Wildman–Crippen MR) is 129 cm³/mol. The quantitative estimate of drug-likeness (QED) is 0.623. The Morgan fingerprint density at radius 3 is 2.59 bits per heavy atom. The SMILES string of the molecule is CC(=O)Nc1ccc(N2C[C@@]34C=C[C@@H](O3)[C@H](C(=O)N[C@@H](C)CCc3ccccc3)[C@@H]4C2=O)cc1. The molecular weight excluding hydrogens is 430 g/mol. The molecule has 5 rings (SSSR count). The highest BCUT2D eigenvalue weighted by Crippen LogP contribution is 2.52. The van der Waals surface area contributed by atoms with E-state index in [-0.39, 0.29) is 29.9 Å². The lowest BCUT2D eigenvalue weighted by molar-refractivity contribution is -0.132. The van der Waals surface area contributed by atoms with Gasteiger partial charge in [0.05, 0.1) is 24.5 Å². The van der Waals surface area contributed by atoms with Gasteiger partial charge in [-0.25, -0.2) is 0 Å². The third kappa shape index (κ3) is 4.01. The Labute approximate surface area is 199 Å². The predicted octanol–water partition coefficient (Wildman–Crippen LogP) is 3.07. The van der Waals surface area contributed by atoms with Crippen molar-refractivity contribution in [3.05, 3.63) is 72.3 Å². The summed E-state index contributed by atoms with van der Waals surface area (Å²) in [5.41, 5.74) is 1.85. The summed E-state index contributed by atoms with van der Waals surface area (Å²) in [5, 5.41) is 5.85. The van der Waals surface area contributed by atoms with Gasteiger partial charge >= 0.3 is 0 Å². The Kier molecular flexibility index (Phi) is 5.73. The lowest BCUT2D eigenvalue weighted by Crippen LogP contribution is -2.46. The molecular formula is C27H29N3O4. The van der Waals surface area contributed by atoms with Crippen molar-refractivity contribution in [1.29, 1.82) is 0 Å². The molecule has 5 atom stereocenters. The monoisotopic (exact) mass is 459 g/mol. The van der Waals surface area contributed by atoms with Crippen LogP contribution >= 0.6 is 0 Å². The van der Waals surface area contributed by atoms with E-state index in [4.69, 9.17) is 4.74 Å². The Morgan fingerprint density at radius 1 is 1.15 bits per heavy atom. The van der Waals surface area contributed by atoms with Crippen molar-refractivity contribution >= 4 is 29.1 Å². The summed E-state index contributed by atoms with van der Waals surface area (Å²) >= 11 is 0. The van der Waals surface area contributed by atoms with Crippen LogP contribution < -0.4 is 15.5 Å². The molecule has 3 heterocycles. The third-order valence-corrected chi connectivity index (χ3v) is 7.00. The van der Waals surface area contributed by atoms with Crippen LogP contribution in [-0.2, 0) is 25.5 Å². The molecule has 0 aliphatic carbocycles. The number of ether oxygens (including phenoxy) is 1. The second kappa shape index (κ2) is 8.72. The summed E-state index contributed by atoms with van der Waals surface area (Å²) in [5.74, 6) is -1.46. The van der Waals surface area contributed by atoms with E-state index in [1.54, 1.807) is 29.2 Å². The van der Waals surface area contributed by atoms with E-state index < -0.39 is 17.4 Å². The zero-order valence-corrected chi connectivity index (χ0v) is 19.4. The first-order valence-corrected chi connectivity index (χ1v) is 11.8. The van der Waals surface area contributed by atoms with Gasteiger partial charge < -0.3 is 20.3 Å². The number of amides is 3. The van der Waals surface area contributed by atoms with Crippen LogP contribution in [0.5, 0.6) is 0 Å². The van der Waals surface area contributed by atoms with E-state index in [2.05, 4.69) is 22.8 Å². The minimum Gasteiger partial charge on any atom is -0.360 e. The van der Waals surface area contributed by atoms with E-state index in [1.165, 1.54) is 12.5 Å². The summed E-state index contributed by atoms with van der Waals surface area (Å²) in [7, 11) is 0. The minimum atomic E-state index is -0.770. The average molecular weight is 460 g/mol. The molecule has 7 heteroatoms. The molecule has 2 aromatic carbocycles. The van der Waals surface area contributed by atoms with Crippen LogP contribution in [0, 0.1) is 11.8 Å². The first kappa shape index (κ1) is 22.3. The van der Waals surface area contributed by atoms with Gasteiger partial charge in [-0.1, -0.05) is 42.5 Å². The van der Waals surface area contributed by atoms with Gasteiger partial charge in [-0.15, -0.1) is 0 Å². The Morgan fingerprint density at radius 2 is 1.88 bits per heavy atom. The number of carbonyl (C=O) groups excluding carboxylic acids is 3. The van der Waals surface area contributed by atoms with E-state index in [0.717, 1.165) is 18.5 Å². The largest absolute Gasteiger partial charge is 0.360 e. The first-order chi connectivity index (χ1) is 16.4. The van der Waals surface area contributed by atoms with Crippen molar-refractivity contribution < 1.29 is 19.1 Å². The van der Waals surface area contributed by atoms with Gasteiger partial charge in [0.15, 0.2) is 0 Å². The first-order valence-electron chi connectivity index (χ1n) is 11.8. The number of nitrogens with zero attached hydrogens (tertiary/aromatic N) is 1. The van der Waals surface area contributed by atoms with Gasteiger partial charge in [0.25, 0.3) is 0 Å². The molecule has 3 aliphatic rings. The van der Waals surface area contributed by atoms with Gasteiger partial charge in [0.1, 0.15) is 5.60 Å². The number of aryl methyl sites for hydroxylation is 1. The maximum absolute atomic E-state index is 13.5. The van der Waals surface area contributed by atoms with Crippen molar-refractivity contribution in [3.63, 3.8) is 0 Å². The minimum absolute atomic E-state index is 0.0132. The summed E-state index contributed by atoms with van der Waals surface area (Å²) in [6, 6.07) is 17.3. The topological polar surface area (TPSA) is 87.7 Å². The highest BCUT2D eigenvalue weighted by molar-refractivity contribution is 6.03. The number of rotatable bonds is 7. The molecule has 2 fully saturated rings. The van der Waals surface area contributed by atoms with Crippen molar-refractivity contribution in [2.75, 3.05) is 16.8 Å². The van der Waals surface area contributed by atoms with Crippen molar-refractivity contribution in [2.24, 2.45) is 11.8 Å². The second-order valence-corrected chi connectivity index (χ2v) is 9.49. The lowest BCUT2D eigenvalue weighted by atomic mass is 9.76. The molecule has 0 radical (unpaired) electrons. The second-order valence-electron chi connectivity index (χ2n) is 9.49. The summed E-state index contributed by atoms with van der Waals surface area (Å²) in [6.07, 6.45) is 5.20. The summed E-state index contributed by atoms with van der Waals surface area (Å²) < 4.78 is 6.24. The summed E-state index contributed by atoms with van der Waals surface area (Å²) in [4.78, 5) is 39.8. The van der Waals surface area contributed by atoms with Gasteiger partial charge in [0.2, 0.25) is 17.7 Å². The van der Waals surface area contributed by atoms with E-state index in [0.29, 0.717) is 12.2 Å². The maximum Gasteiger partial charge on any atom is 0.234 e. The summed E-state index contributed by atoms with van der Waals surface area (Å²) in [6.45, 7) is 3.82. The van der Waals surface area contributed by atoms with Crippen LogP contribution in [0.4, 0.5) is 11.4 Å².